The molecule has 0 radical (unpaired) electrons. The van der Waals surface area contributed by atoms with Crippen molar-refractivity contribution in [2.24, 2.45) is 0 Å². The summed E-state index contributed by atoms with van der Waals surface area (Å²) >= 11 is 0. The average Bonchev–Trinajstić information content (AvgIpc) is 2.45. The molecule has 0 N–H and O–H groups in total. The first-order valence-corrected chi connectivity index (χ1v) is 6.69. The SMILES string of the molecule is CC(C)Oc1cccc(/C=C/C(=O)c2ccccc2)c1. The van der Waals surface area contributed by atoms with Gasteiger partial charge in [0.25, 0.3) is 0 Å². The molecule has 0 atom stereocenters. The number of carbonyl (C=O) groups excluding carboxylic acids is 1. The predicted molar refractivity (Wildman–Crippen MR) is 82.0 cm³/mol. The first-order chi connectivity index (χ1) is 9.65. The molecule has 0 saturated carbocycles. The van der Waals surface area contributed by atoms with Crippen molar-refractivity contribution in [3.8, 4) is 5.75 Å². The minimum Gasteiger partial charge on any atom is -0.491 e. The third-order valence-electron chi connectivity index (χ3n) is 2.72. The zero-order valence-corrected chi connectivity index (χ0v) is 11.7. The monoisotopic (exact) mass is 266 g/mol. The Morgan fingerprint density at radius 1 is 1.05 bits per heavy atom. The number of carbonyl (C=O) groups is 1. The number of hydrogen-bond donors (Lipinski definition) is 0. The summed E-state index contributed by atoms with van der Waals surface area (Å²) in [6.45, 7) is 3.98. The minimum atomic E-state index is 0.000723. The molecule has 0 aromatic heterocycles. The molecule has 0 spiro atoms. The number of allylic oxidation sites excluding steroid dienone is 1. The Balaban J connectivity index is 2.09. The molecule has 0 heterocycles. The van der Waals surface area contributed by atoms with Crippen LogP contribution in [0.5, 0.6) is 5.75 Å². The van der Waals surface area contributed by atoms with Crippen molar-refractivity contribution in [2.75, 3.05) is 0 Å². The van der Waals surface area contributed by atoms with Gasteiger partial charge < -0.3 is 4.74 Å². The van der Waals surface area contributed by atoms with Gasteiger partial charge in [0, 0.05) is 5.56 Å². The van der Waals surface area contributed by atoms with E-state index in [1.807, 2.05) is 74.5 Å². The highest BCUT2D eigenvalue weighted by Gasteiger charge is 2.01. The number of ketones is 1. The van der Waals surface area contributed by atoms with Crippen molar-refractivity contribution in [2.45, 2.75) is 20.0 Å². The first kappa shape index (κ1) is 14.1. The second kappa shape index (κ2) is 6.71. The standard InChI is InChI=1S/C18H18O2/c1-14(2)20-17-10-6-7-15(13-17)11-12-18(19)16-8-4-3-5-9-16/h3-14H,1-2H3/b12-11+. The van der Waals surface area contributed by atoms with E-state index in [0.717, 1.165) is 11.3 Å². The molecular weight excluding hydrogens is 248 g/mol. The van der Waals surface area contributed by atoms with Crippen LogP contribution in [-0.4, -0.2) is 11.9 Å². The molecule has 2 aromatic carbocycles. The molecule has 2 aromatic rings. The minimum absolute atomic E-state index is 0.000723. The van der Waals surface area contributed by atoms with Gasteiger partial charge in [-0.3, -0.25) is 4.79 Å². The molecule has 0 bridgehead atoms. The van der Waals surface area contributed by atoms with Gasteiger partial charge in [-0.25, -0.2) is 0 Å². The Bertz CT molecular complexity index is 598. The normalized spacial score (nSPS) is 10.9. The van der Waals surface area contributed by atoms with E-state index >= 15 is 0 Å². The van der Waals surface area contributed by atoms with Crippen molar-refractivity contribution in [1.29, 1.82) is 0 Å². The zero-order chi connectivity index (χ0) is 14.4. The molecule has 2 nitrogen and oxygen atoms in total. The Hall–Kier alpha value is -2.35. The number of hydrogen-bond acceptors (Lipinski definition) is 2. The van der Waals surface area contributed by atoms with Gasteiger partial charge in [0.15, 0.2) is 5.78 Å². The zero-order valence-electron chi connectivity index (χ0n) is 11.7. The van der Waals surface area contributed by atoms with Gasteiger partial charge in [-0.1, -0.05) is 48.5 Å². The molecule has 0 aliphatic heterocycles. The van der Waals surface area contributed by atoms with E-state index in [0.29, 0.717) is 5.56 Å². The summed E-state index contributed by atoms with van der Waals surface area (Å²) in [5.41, 5.74) is 1.64. The van der Waals surface area contributed by atoms with E-state index in [-0.39, 0.29) is 11.9 Å². The van der Waals surface area contributed by atoms with E-state index in [1.54, 1.807) is 6.08 Å². The van der Waals surface area contributed by atoms with Gasteiger partial charge in [0.2, 0.25) is 0 Å². The van der Waals surface area contributed by atoms with Crippen LogP contribution in [0.2, 0.25) is 0 Å². The summed E-state index contributed by atoms with van der Waals surface area (Å²) in [6, 6.07) is 16.9. The lowest BCUT2D eigenvalue weighted by Crippen LogP contribution is -2.05. The molecule has 0 aliphatic rings. The summed E-state index contributed by atoms with van der Waals surface area (Å²) in [4.78, 5) is 12.0. The van der Waals surface area contributed by atoms with Crippen molar-refractivity contribution in [3.05, 3.63) is 71.8 Å². The van der Waals surface area contributed by atoms with E-state index in [1.165, 1.54) is 0 Å². The van der Waals surface area contributed by atoms with Gasteiger partial charge >= 0.3 is 0 Å². The van der Waals surface area contributed by atoms with Crippen LogP contribution in [0.4, 0.5) is 0 Å². The van der Waals surface area contributed by atoms with Crippen LogP contribution in [0.25, 0.3) is 6.08 Å². The fourth-order valence-electron chi connectivity index (χ4n) is 1.83. The number of rotatable bonds is 5. The second-order valence-electron chi connectivity index (χ2n) is 4.80. The topological polar surface area (TPSA) is 26.3 Å². The molecule has 0 amide bonds. The van der Waals surface area contributed by atoms with Crippen LogP contribution < -0.4 is 4.74 Å². The van der Waals surface area contributed by atoms with Gasteiger partial charge in [-0.15, -0.1) is 0 Å². The van der Waals surface area contributed by atoms with E-state index in [4.69, 9.17) is 4.74 Å². The maximum absolute atomic E-state index is 12.0. The maximum Gasteiger partial charge on any atom is 0.185 e. The summed E-state index contributed by atoms with van der Waals surface area (Å²) < 4.78 is 5.63. The summed E-state index contributed by atoms with van der Waals surface area (Å²) in [5, 5.41) is 0. The molecule has 0 aliphatic carbocycles. The smallest absolute Gasteiger partial charge is 0.185 e. The Morgan fingerprint density at radius 3 is 2.50 bits per heavy atom. The highest BCUT2D eigenvalue weighted by molar-refractivity contribution is 6.06. The lowest BCUT2D eigenvalue weighted by Gasteiger charge is -2.09. The van der Waals surface area contributed by atoms with Crippen LogP contribution in [0.3, 0.4) is 0 Å². The summed E-state index contributed by atoms with van der Waals surface area (Å²) in [6.07, 6.45) is 3.53. The third-order valence-corrected chi connectivity index (χ3v) is 2.72. The highest BCUT2D eigenvalue weighted by atomic mass is 16.5. The van der Waals surface area contributed by atoms with Gasteiger partial charge in [-0.2, -0.15) is 0 Å². The van der Waals surface area contributed by atoms with Crippen LogP contribution >= 0.6 is 0 Å². The van der Waals surface area contributed by atoms with Gasteiger partial charge in [-0.05, 0) is 37.6 Å². The van der Waals surface area contributed by atoms with Crippen LogP contribution in [-0.2, 0) is 0 Å². The summed E-state index contributed by atoms with van der Waals surface area (Å²) in [7, 11) is 0. The lowest BCUT2D eigenvalue weighted by molar-refractivity contribution is 0.104. The third kappa shape index (κ3) is 4.09. The number of benzene rings is 2. The van der Waals surface area contributed by atoms with E-state index in [9.17, 15) is 4.79 Å². The van der Waals surface area contributed by atoms with Crippen molar-refractivity contribution in [3.63, 3.8) is 0 Å². The van der Waals surface area contributed by atoms with Gasteiger partial charge in [0.1, 0.15) is 5.75 Å². The maximum atomic E-state index is 12.0. The predicted octanol–water partition coefficient (Wildman–Crippen LogP) is 4.37. The summed E-state index contributed by atoms with van der Waals surface area (Å²) in [5.74, 6) is 0.815. The molecule has 2 rings (SSSR count). The van der Waals surface area contributed by atoms with Gasteiger partial charge in [0.05, 0.1) is 6.10 Å². The molecule has 0 unspecified atom stereocenters. The molecule has 0 saturated heterocycles. The van der Waals surface area contributed by atoms with Crippen LogP contribution in [0.1, 0.15) is 29.8 Å². The Morgan fingerprint density at radius 2 is 1.80 bits per heavy atom. The molecule has 102 valence electrons. The first-order valence-electron chi connectivity index (χ1n) is 6.69. The van der Waals surface area contributed by atoms with Crippen molar-refractivity contribution < 1.29 is 9.53 Å². The molecule has 0 fully saturated rings. The fourth-order valence-corrected chi connectivity index (χ4v) is 1.83. The highest BCUT2D eigenvalue weighted by Crippen LogP contribution is 2.16. The Kier molecular flexibility index (Phi) is 4.72. The molecular formula is C18H18O2. The lowest BCUT2D eigenvalue weighted by atomic mass is 10.1. The fraction of sp³-hybridized carbons (Fsp3) is 0.167. The van der Waals surface area contributed by atoms with E-state index < -0.39 is 0 Å². The van der Waals surface area contributed by atoms with Crippen LogP contribution in [0, 0.1) is 0 Å². The Labute approximate surface area is 119 Å². The largest absolute Gasteiger partial charge is 0.491 e. The van der Waals surface area contributed by atoms with Crippen LogP contribution in [0.15, 0.2) is 60.7 Å². The molecule has 20 heavy (non-hydrogen) atoms. The quantitative estimate of drug-likeness (QED) is 0.593. The van der Waals surface area contributed by atoms with Crippen molar-refractivity contribution >= 4 is 11.9 Å². The second-order valence-corrected chi connectivity index (χ2v) is 4.80. The average molecular weight is 266 g/mol. The number of ether oxygens (including phenoxy) is 1. The van der Waals surface area contributed by atoms with Crippen molar-refractivity contribution in [1.82, 2.24) is 0 Å². The molecule has 2 heteroatoms. The van der Waals surface area contributed by atoms with E-state index in [2.05, 4.69) is 0 Å².